The Bertz CT molecular complexity index is 522. The Hall–Kier alpha value is -2.34. The highest BCUT2D eigenvalue weighted by atomic mass is 16.5. The summed E-state index contributed by atoms with van der Waals surface area (Å²) in [5, 5.41) is 5.07. The number of carbonyl (C=O) groups is 2. The Labute approximate surface area is 130 Å². The van der Waals surface area contributed by atoms with Gasteiger partial charge in [-0.05, 0) is 24.3 Å². The van der Waals surface area contributed by atoms with E-state index in [-0.39, 0.29) is 18.4 Å². The molecule has 1 aliphatic rings. The van der Waals surface area contributed by atoms with Crippen molar-refractivity contribution < 1.29 is 14.3 Å². The minimum atomic E-state index is -0.377. The second-order valence-corrected chi connectivity index (χ2v) is 4.92. The van der Waals surface area contributed by atoms with Gasteiger partial charge in [0.15, 0.2) is 5.78 Å². The van der Waals surface area contributed by atoms with Crippen LogP contribution in [-0.4, -0.2) is 51.2 Å². The number of carbonyl (C=O) groups excluding carboxylic acids is 2. The lowest BCUT2D eigenvalue weighted by Gasteiger charge is -2.28. The summed E-state index contributed by atoms with van der Waals surface area (Å²) in [7, 11) is 0. The lowest BCUT2D eigenvalue weighted by Crippen LogP contribution is -2.38. The monoisotopic (exact) mass is 303 g/mol. The number of hydrogen-bond acceptors (Lipinski definition) is 4. The first kappa shape index (κ1) is 16.0. The minimum Gasteiger partial charge on any atom is -0.378 e. The van der Waals surface area contributed by atoms with Crippen molar-refractivity contribution in [2.75, 3.05) is 44.3 Å². The third-order valence-electron chi connectivity index (χ3n) is 3.38. The summed E-state index contributed by atoms with van der Waals surface area (Å²) in [6.45, 7) is 7.01. The number of benzene rings is 1. The van der Waals surface area contributed by atoms with E-state index in [1.807, 2.05) is 12.1 Å². The molecule has 0 atom stereocenters. The molecule has 0 saturated carbocycles. The summed E-state index contributed by atoms with van der Waals surface area (Å²) in [5.74, 6) is -0.123. The second-order valence-electron chi connectivity index (χ2n) is 4.92. The van der Waals surface area contributed by atoms with E-state index in [2.05, 4.69) is 22.1 Å². The molecule has 1 aromatic carbocycles. The van der Waals surface area contributed by atoms with Crippen LogP contribution in [0.1, 0.15) is 10.4 Å². The predicted molar refractivity (Wildman–Crippen MR) is 85.4 cm³/mol. The van der Waals surface area contributed by atoms with E-state index in [9.17, 15) is 9.59 Å². The standard InChI is InChI=1S/C16H21N3O3/c1-2-7-17-16(21)18-12-15(20)13-3-5-14(6-4-13)19-8-10-22-11-9-19/h2-6H,1,7-12H2,(H2,17,18,21). The van der Waals surface area contributed by atoms with Gasteiger partial charge in [-0.2, -0.15) is 0 Å². The molecular weight excluding hydrogens is 282 g/mol. The Morgan fingerprint density at radius 3 is 2.50 bits per heavy atom. The van der Waals surface area contributed by atoms with Crippen molar-refractivity contribution in [2.24, 2.45) is 0 Å². The number of amides is 2. The highest BCUT2D eigenvalue weighted by Gasteiger charge is 2.12. The van der Waals surface area contributed by atoms with E-state index in [1.165, 1.54) is 0 Å². The molecule has 6 heteroatoms. The van der Waals surface area contributed by atoms with Crippen molar-refractivity contribution in [3.05, 3.63) is 42.5 Å². The molecule has 0 radical (unpaired) electrons. The Morgan fingerprint density at radius 2 is 1.86 bits per heavy atom. The lowest BCUT2D eigenvalue weighted by molar-refractivity contribution is 0.0992. The van der Waals surface area contributed by atoms with E-state index < -0.39 is 0 Å². The van der Waals surface area contributed by atoms with Gasteiger partial charge in [-0.1, -0.05) is 6.08 Å². The molecule has 22 heavy (non-hydrogen) atoms. The number of rotatable bonds is 6. The van der Waals surface area contributed by atoms with Crippen LogP contribution >= 0.6 is 0 Å². The zero-order valence-electron chi connectivity index (χ0n) is 12.5. The van der Waals surface area contributed by atoms with E-state index in [0.29, 0.717) is 12.1 Å². The van der Waals surface area contributed by atoms with E-state index >= 15 is 0 Å². The fourth-order valence-corrected chi connectivity index (χ4v) is 2.17. The third-order valence-corrected chi connectivity index (χ3v) is 3.38. The van der Waals surface area contributed by atoms with Crippen molar-refractivity contribution >= 4 is 17.5 Å². The lowest BCUT2D eigenvalue weighted by atomic mass is 10.1. The molecule has 1 heterocycles. The average Bonchev–Trinajstić information content (AvgIpc) is 2.58. The fourth-order valence-electron chi connectivity index (χ4n) is 2.17. The SMILES string of the molecule is C=CCNC(=O)NCC(=O)c1ccc(N2CCOCC2)cc1. The number of nitrogens with zero attached hydrogens (tertiary/aromatic N) is 1. The molecule has 1 saturated heterocycles. The topological polar surface area (TPSA) is 70.7 Å². The van der Waals surface area contributed by atoms with Crippen LogP contribution in [0.5, 0.6) is 0 Å². The maximum atomic E-state index is 12.0. The molecule has 0 aromatic heterocycles. The molecule has 0 spiro atoms. The molecule has 2 N–H and O–H groups in total. The van der Waals surface area contributed by atoms with Gasteiger partial charge in [0.25, 0.3) is 0 Å². The Kier molecular flexibility index (Phi) is 5.97. The molecule has 1 aromatic rings. The molecule has 1 fully saturated rings. The summed E-state index contributed by atoms with van der Waals surface area (Å²) in [6, 6.07) is 7.05. The molecule has 0 unspecified atom stereocenters. The number of ketones is 1. The molecule has 1 aliphatic heterocycles. The van der Waals surface area contributed by atoms with Crippen molar-refractivity contribution in [3.63, 3.8) is 0 Å². The van der Waals surface area contributed by atoms with Crippen LogP contribution in [0.3, 0.4) is 0 Å². The summed E-state index contributed by atoms with van der Waals surface area (Å²) < 4.78 is 5.32. The zero-order chi connectivity index (χ0) is 15.8. The molecule has 0 aliphatic carbocycles. The van der Waals surface area contributed by atoms with Crippen LogP contribution in [0.15, 0.2) is 36.9 Å². The Balaban J connectivity index is 1.85. The van der Waals surface area contributed by atoms with E-state index in [4.69, 9.17) is 4.74 Å². The van der Waals surface area contributed by atoms with Gasteiger partial charge in [-0.3, -0.25) is 4.79 Å². The van der Waals surface area contributed by atoms with Crippen molar-refractivity contribution in [2.45, 2.75) is 0 Å². The van der Waals surface area contributed by atoms with Crippen LogP contribution in [0.4, 0.5) is 10.5 Å². The van der Waals surface area contributed by atoms with Crippen LogP contribution in [0.25, 0.3) is 0 Å². The smallest absolute Gasteiger partial charge is 0.315 e. The molecule has 0 bridgehead atoms. The van der Waals surface area contributed by atoms with Gasteiger partial charge in [0.05, 0.1) is 19.8 Å². The van der Waals surface area contributed by atoms with Gasteiger partial charge in [-0.15, -0.1) is 6.58 Å². The number of Topliss-reactive ketones (excluding diaryl/α,β-unsaturated/α-hetero) is 1. The van der Waals surface area contributed by atoms with Crippen LogP contribution in [-0.2, 0) is 4.74 Å². The summed E-state index contributed by atoms with van der Waals surface area (Å²) in [6.07, 6.45) is 1.58. The van der Waals surface area contributed by atoms with Crippen molar-refractivity contribution in [1.82, 2.24) is 10.6 Å². The zero-order valence-corrected chi connectivity index (χ0v) is 12.5. The highest BCUT2D eigenvalue weighted by molar-refractivity contribution is 5.99. The minimum absolute atomic E-state index is 0.0279. The van der Waals surface area contributed by atoms with Gasteiger partial charge in [-0.25, -0.2) is 4.79 Å². The first-order valence-electron chi connectivity index (χ1n) is 7.29. The fraction of sp³-hybridized carbons (Fsp3) is 0.375. The predicted octanol–water partition coefficient (Wildman–Crippen LogP) is 1.19. The number of hydrogen-bond donors (Lipinski definition) is 2. The van der Waals surface area contributed by atoms with Crippen LogP contribution in [0.2, 0.25) is 0 Å². The number of anilines is 1. The molecular formula is C16H21N3O3. The van der Waals surface area contributed by atoms with Gasteiger partial charge >= 0.3 is 6.03 Å². The summed E-state index contributed by atoms with van der Waals surface area (Å²) in [5.41, 5.74) is 1.66. The number of urea groups is 1. The summed E-state index contributed by atoms with van der Waals surface area (Å²) in [4.78, 5) is 25.6. The van der Waals surface area contributed by atoms with Crippen molar-refractivity contribution in [3.8, 4) is 0 Å². The number of ether oxygens (including phenoxy) is 1. The van der Waals surface area contributed by atoms with Crippen LogP contribution in [0, 0.1) is 0 Å². The number of nitrogens with one attached hydrogen (secondary N) is 2. The van der Waals surface area contributed by atoms with Gasteiger partial charge < -0.3 is 20.3 Å². The van der Waals surface area contributed by atoms with Crippen LogP contribution < -0.4 is 15.5 Å². The number of morpholine rings is 1. The van der Waals surface area contributed by atoms with E-state index in [1.54, 1.807) is 18.2 Å². The molecule has 6 nitrogen and oxygen atoms in total. The summed E-state index contributed by atoms with van der Waals surface area (Å²) >= 11 is 0. The second kappa shape index (κ2) is 8.19. The quantitative estimate of drug-likeness (QED) is 0.612. The third kappa shape index (κ3) is 4.60. The van der Waals surface area contributed by atoms with Gasteiger partial charge in [0, 0.05) is 30.9 Å². The first-order chi connectivity index (χ1) is 10.7. The molecule has 2 rings (SSSR count). The van der Waals surface area contributed by atoms with Crippen molar-refractivity contribution in [1.29, 1.82) is 0 Å². The molecule has 118 valence electrons. The van der Waals surface area contributed by atoms with E-state index in [0.717, 1.165) is 32.0 Å². The maximum Gasteiger partial charge on any atom is 0.315 e. The molecule has 2 amide bonds. The normalized spacial score (nSPS) is 14.3. The maximum absolute atomic E-state index is 12.0. The highest BCUT2D eigenvalue weighted by Crippen LogP contribution is 2.16. The van der Waals surface area contributed by atoms with Gasteiger partial charge in [0.2, 0.25) is 0 Å². The average molecular weight is 303 g/mol. The van der Waals surface area contributed by atoms with Gasteiger partial charge in [0.1, 0.15) is 0 Å². The Morgan fingerprint density at radius 1 is 1.18 bits per heavy atom. The largest absolute Gasteiger partial charge is 0.378 e. The first-order valence-corrected chi connectivity index (χ1v) is 7.29.